The third kappa shape index (κ3) is 1.96. The van der Waals surface area contributed by atoms with Gasteiger partial charge in [0.1, 0.15) is 5.69 Å². The number of aryl methyl sites for hydroxylation is 1. The van der Waals surface area contributed by atoms with Gasteiger partial charge in [0.25, 0.3) is 5.91 Å². The number of aromatic nitrogens is 1. The van der Waals surface area contributed by atoms with E-state index in [-0.39, 0.29) is 5.91 Å². The SMILES string of the molecule is CC(NC(=O)c1cccn1C)C1CC2CCC1C2. The second kappa shape index (κ2) is 4.45. The monoisotopic (exact) mass is 246 g/mol. The van der Waals surface area contributed by atoms with Crippen LogP contribution in [0.3, 0.4) is 0 Å². The van der Waals surface area contributed by atoms with Crippen molar-refractivity contribution in [3.63, 3.8) is 0 Å². The van der Waals surface area contributed by atoms with Gasteiger partial charge in [0.2, 0.25) is 0 Å². The average molecular weight is 246 g/mol. The molecule has 2 aliphatic rings. The maximum absolute atomic E-state index is 12.2. The quantitative estimate of drug-likeness (QED) is 0.874. The Morgan fingerprint density at radius 2 is 2.28 bits per heavy atom. The summed E-state index contributed by atoms with van der Waals surface area (Å²) in [6, 6.07) is 4.10. The number of nitrogens with one attached hydrogen (secondary N) is 1. The Balaban J connectivity index is 1.63. The molecule has 1 heterocycles. The van der Waals surface area contributed by atoms with Gasteiger partial charge in [0.05, 0.1) is 0 Å². The van der Waals surface area contributed by atoms with Crippen molar-refractivity contribution >= 4 is 5.91 Å². The molecular weight excluding hydrogens is 224 g/mol. The van der Waals surface area contributed by atoms with E-state index in [1.54, 1.807) is 0 Å². The van der Waals surface area contributed by atoms with E-state index in [0.717, 1.165) is 17.5 Å². The molecule has 1 aromatic rings. The maximum Gasteiger partial charge on any atom is 0.268 e. The molecule has 4 atom stereocenters. The Morgan fingerprint density at radius 3 is 2.83 bits per heavy atom. The predicted molar refractivity (Wildman–Crippen MR) is 71.3 cm³/mol. The summed E-state index contributed by atoms with van der Waals surface area (Å²) in [5, 5.41) is 3.19. The van der Waals surface area contributed by atoms with E-state index in [4.69, 9.17) is 0 Å². The van der Waals surface area contributed by atoms with Gasteiger partial charge in [-0.1, -0.05) is 6.42 Å². The number of hydrogen-bond acceptors (Lipinski definition) is 1. The van der Waals surface area contributed by atoms with Crippen LogP contribution in [0.4, 0.5) is 0 Å². The molecule has 0 aromatic carbocycles. The van der Waals surface area contributed by atoms with E-state index in [1.165, 1.54) is 25.7 Å². The minimum atomic E-state index is 0.0674. The van der Waals surface area contributed by atoms with Crippen molar-refractivity contribution in [2.24, 2.45) is 24.8 Å². The van der Waals surface area contributed by atoms with Crippen molar-refractivity contribution in [2.75, 3.05) is 0 Å². The molecule has 4 unspecified atom stereocenters. The van der Waals surface area contributed by atoms with Crippen LogP contribution in [0.1, 0.15) is 43.1 Å². The van der Waals surface area contributed by atoms with Crippen molar-refractivity contribution in [3.8, 4) is 0 Å². The fraction of sp³-hybridized carbons (Fsp3) is 0.667. The van der Waals surface area contributed by atoms with Crippen LogP contribution in [0, 0.1) is 17.8 Å². The zero-order valence-corrected chi connectivity index (χ0v) is 11.2. The number of carbonyl (C=O) groups is 1. The van der Waals surface area contributed by atoms with Gasteiger partial charge < -0.3 is 9.88 Å². The summed E-state index contributed by atoms with van der Waals surface area (Å²) in [5.41, 5.74) is 0.755. The lowest BCUT2D eigenvalue weighted by Gasteiger charge is -2.28. The molecule has 0 saturated heterocycles. The van der Waals surface area contributed by atoms with Gasteiger partial charge in [-0.2, -0.15) is 0 Å². The Labute approximate surface area is 109 Å². The van der Waals surface area contributed by atoms with E-state index < -0.39 is 0 Å². The maximum atomic E-state index is 12.2. The molecule has 98 valence electrons. The topological polar surface area (TPSA) is 34.0 Å². The summed E-state index contributed by atoms with van der Waals surface area (Å²) < 4.78 is 1.88. The molecule has 3 heteroatoms. The first kappa shape index (κ1) is 11.8. The average Bonchev–Trinajstić information content (AvgIpc) is 3.03. The van der Waals surface area contributed by atoms with Crippen LogP contribution < -0.4 is 5.32 Å². The number of carbonyl (C=O) groups excluding carboxylic acids is 1. The molecule has 3 rings (SSSR count). The standard InChI is InChI=1S/C15H22N2O/c1-10(13-9-11-5-6-12(13)8-11)16-15(18)14-4-3-7-17(14)2/h3-4,7,10-13H,5-6,8-9H2,1-2H3,(H,16,18). The molecule has 0 radical (unpaired) electrons. The molecule has 1 N–H and O–H groups in total. The van der Waals surface area contributed by atoms with Gasteiger partial charge in [0, 0.05) is 19.3 Å². The van der Waals surface area contributed by atoms with Crippen molar-refractivity contribution < 1.29 is 4.79 Å². The number of rotatable bonds is 3. The second-order valence-corrected chi connectivity index (χ2v) is 6.11. The Bertz CT molecular complexity index is 451. The van der Waals surface area contributed by atoms with Crippen molar-refractivity contribution in [3.05, 3.63) is 24.0 Å². The van der Waals surface area contributed by atoms with Crippen LogP contribution in [0.5, 0.6) is 0 Å². The molecule has 2 saturated carbocycles. The van der Waals surface area contributed by atoms with Crippen LogP contribution in [-0.2, 0) is 7.05 Å². The van der Waals surface area contributed by atoms with Crippen LogP contribution in [0.2, 0.25) is 0 Å². The second-order valence-electron chi connectivity index (χ2n) is 6.11. The number of nitrogens with zero attached hydrogens (tertiary/aromatic N) is 1. The fourth-order valence-corrected chi connectivity index (χ4v) is 3.99. The van der Waals surface area contributed by atoms with Gasteiger partial charge in [-0.3, -0.25) is 4.79 Å². The first-order valence-corrected chi connectivity index (χ1v) is 7.07. The molecule has 0 aliphatic heterocycles. The molecular formula is C15H22N2O. The first-order valence-electron chi connectivity index (χ1n) is 7.07. The minimum Gasteiger partial charge on any atom is -0.348 e. The number of fused-ring (bicyclic) bond motifs is 2. The molecule has 0 spiro atoms. The smallest absolute Gasteiger partial charge is 0.268 e. The first-order chi connectivity index (χ1) is 8.65. The Kier molecular flexibility index (Phi) is 2.92. The third-order valence-electron chi connectivity index (χ3n) is 4.97. The van der Waals surface area contributed by atoms with Gasteiger partial charge in [0.15, 0.2) is 0 Å². The lowest BCUT2D eigenvalue weighted by molar-refractivity contribution is 0.0907. The van der Waals surface area contributed by atoms with E-state index in [2.05, 4.69) is 12.2 Å². The lowest BCUT2D eigenvalue weighted by atomic mass is 9.84. The minimum absolute atomic E-state index is 0.0674. The normalized spacial score (nSPS) is 31.6. The molecule has 3 nitrogen and oxygen atoms in total. The highest BCUT2D eigenvalue weighted by Crippen LogP contribution is 2.49. The Hall–Kier alpha value is -1.25. The third-order valence-corrected chi connectivity index (χ3v) is 4.97. The van der Waals surface area contributed by atoms with Crippen molar-refractivity contribution in [1.82, 2.24) is 9.88 Å². The largest absolute Gasteiger partial charge is 0.348 e. The van der Waals surface area contributed by atoms with Gasteiger partial charge in [-0.05, 0) is 56.1 Å². The van der Waals surface area contributed by atoms with Crippen LogP contribution >= 0.6 is 0 Å². The number of amides is 1. The highest BCUT2D eigenvalue weighted by Gasteiger charge is 2.42. The number of hydrogen-bond donors (Lipinski definition) is 1. The summed E-state index contributed by atoms with van der Waals surface area (Å²) >= 11 is 0. The summed E-state index contributed by atoms with van der Waals surface area (Å²) in [6.07, 6.45) is 7.42. The zero-order chi connectivity index (χ0) is 12.7. The fourth-order valence-electron chi connectivity index (χ4n) is 3.99. The van der Waals surface area contributed by atoms with E-state index in [1.807, 2.05) is 29.9 Å². The molecule has 1 aromatic heterocycles. The summed E-state index contributed by atoms with van der Waals surface area (Å²) in [6.45, 7) is 2.17. The molecule has 1 amide bonds. The summed E-state index contributed by atoms with van der Waals surface area (Å²) in [7, 11) is 1.91. The molecule has 2 fully saturated rings. The Morgan fingerprint density at radius 1 is 1.44 bits per heavy atom. The van der Waals surface area contributed by atoms with Crippen LogP contribution in [-0.4, -0.2) is 16.5 Å². The molecule has 2 bridgehead atoms. The van der Waals surface area contributed by atoms with Crippen LogP contribution in [0.25, 0.3) is 0 Å². The van der Waals surface area contributed by atoms with E-state index >= 15 is 0 Å². The molecule has 18 heavy (non-hydrogen) atoms. The highest BCUT2D eigenvalue weighted by molar-refractivity contribution is 5.92. The summed E-state index contributed by atoms with van der Waals surface area (Å²) in [5.74, 6) is 2.57. The van der Waals surface area contributed by atoms with E-state index in [9.17, 15) is 4.79 Å². The molecule has 2 aliphatic carbocycles. The van der Waals surface area contributed by atoms with Gasteiger partial charge >= 0.3 is 0 Å². The highest BCUT2D eigenvalue weighted by atomic mass is 16.2. The zero-order valence-electron chi connectivity index (χ0n) is 11.2. The van der Waals surface area contributed by atoms with Crippen molar-refractivity contribution in [2.45, 2.75) is 38.6 Å². The van der Waals surface area contributed by atoms with Crippen LogP contribution in [0.15, 0.2) is 18.3 Å². The van der Waals surface area contributed by atoms with E-state index in [0.29, 0.717) is 12.0 Å². The lowest BCUT2D eigenvalue weighted by Crippen LogP contribution is -2.40. The van der Waals surface area contributed by atoms with Crippen molar-refractivity contribution in [1.29, 1.82) is 0 Å². The summed E-state index contributed by atoms with van der Waals surface area (Å²) in [4.78, 5) is 12.2. The predicted octanol–water partition coefficient (Wildman–Crippen LogP) is 2.58. The van der Waals surface area contributed by atoms with Gasteiger partial charge in [-0.15, -0.1) is 0 Å². The van der Waals surface area contributed by atoms with Gasteiger partial charge in [-0.25, -0.2) is 0 Å².